The Bertz CT molecular complexity index is 545. The number of hydrogen-bond donors (Lipinski definition) is 2. The van der Waals surface area contributed by atoms with E-state index in [2.05, 4.69) is 22.6 Å². The molecule has 0 aliphatic heterocycles. The second-order valence-corrected chi connectivity index (χ2v) is 5.55. The summed E-state index contributed by atoms with van der Waals surface area (Å²) < 4.78 is 12.1. The lowest BCUT2D eigenvalue weighted by Crippen LogP contribution is -2.25. The van der Waals surface area contributed by atoms with Crippen molar-refractivity contribution in [2.45, 2.75) is 6.10 Å². The van der Waals surface area contributed by atoms with E-state index in [9.17, 15) is 5.11 Å². The van der Waals surface area contributed by atoms with Gasteiger partial charge in [0.1, 0.15) is 30.8 Å². The molecular formula is C15H16INO3. The summed E-state index contributed by atoms with van der Waals surface area (Å²) in [5.41, 5.74) is 6.28. The lowest BCUT2D eigenvalue weighted by atomic mass is 10.3. The lowest BCUT2D eigenvalue weighted by molar-refractivity contribution is 0.0626. The standard InChI is InChI=1S/C15H16INO3/c16-11-4-6-14(7-5-11)19-9-13(18)10-20-15-3-1-2-12(17)8-15/h1-8,13,18H,9-10,17H2. The first-order chi connectivity index (χ1) is 9.63. The second kappa shape index (κ2) is 7.35. The summed E-state index contributed by atoms with van der Waals surface area (Å²) in [6.45, 7) is 0.344. The number of halogens is 1. The molecule has 1 atom stereocenters. The minimum atomic E-state index is -0.698. The predicted molar refractivity (Wildman–Crippen MR) is 87.0 cm³/mol. The first kappa shape index (κ1) is 14.9. The average molecular weight is 385 g/mol. The molecular weight excluding hydrogens is 369 g/mol. The van der Waals surface area contributed by atoms with Gasteiger partial charge in [-0.2, -0.15) is 0 Å². The maximum atomic E-state index is 9.81. The molecule has 0 spiro atoms. The Hall–Kier alpha value is -1.47. The summed E-state index contributed by atoms with van der Waals surface area (Å²) >= 11 is 2.23. The second-order valence-electron chi connectivity index (χ2n) is 4.30. The van der Waals surface area contributed by atoms with Crippen LogP contribution in [-0.4, -0.2) is 24.4 Å². The first-order valence-electron chi connectivity index (χ1n) is 6.18. The van der Waals surface area contributed by atoms with E-state index < -0.39 is 6.10 Å². The number of anilines is 1. The Morgan fingerprint density at radius 2 is 1.65 bits per heavy atom. The molecule has 0 saturated heterocycles. The van der Waals surface area contributed by atoms with Crippen LogP contribution in [0.3, 0.4) is 0 Å². The molecule has 4 nitrogen and oxygen atoms in total. The topological polar surface area (TPSA) is 64.7 Å². The van der Waals surface area contributed by atoms with Crippen molar-refractivity contribution < 1.29 is 14.6 Å². The summed E-state index contributed by atoms with van der Waals surface area (Å²) in [5.74, 6) is 1.37. The molecule has 2 aromatic rings. The van der Waals surface area contributed by atoms with Gasteiger partial charge in [-0.05, 0) is 59.0 Å². The number of nitrogens with two attached hydrogens (primary N) is 1. The molecule has 20 heavy (non-hydrogen) atoms. The number of nitrogen functional groups attached to an aromatic ring is 1. The van der Waals surface area contributed by atoms with Crippen molar-refractivity contribution >= 4 is 28.3 Å². The Morgan fingerprint density at radius 1 is 1.00 bits per heavy atom. The molecule has 0 saturated carbocycles. The van der Waals surface area contributed by atoms with Crippen LogP contribution >= 0.6 is 22.6 Å². The van der Waals surface area contributed by atoms with Gasteiger partial charge in [-0.3, -0.25) is 0 Å². The highest BCUT2D eigenvalue weighted by Gasteiger charge is 2.07. The summed E-state index contributed by atoms with van der Waals surface area (Å²) in [7, 11) is 0. The van der Waals surface area contributed by atoms with Crippen LogP contribution in [0.1, 0.15) is 0 Å². The van der Waals surface area contributed by atoms with Gasteiger partial charge >= 0.3 is 0 Å². The van der Waals surface area contributed by atoms with Crippen LogP contribution in [0.2, 0.25) is 0 Å². The maximum Gasteiger partial charge on any atom is 0.122 e. The summed E-state index contributed by atoms with van der Waals surface area (Å²) in [5, 5.41) is 9.81. The Balaban J connectivity index is 1.75. The molecule has 0 fully saturated rings. The third-order valence-electron chi connectivity index (χ3n) is 2.56. The van der Waals surface area contributed by atoms with Gasteiger partial charge in [-0.1, -0.05) is 6.07 Å². The minimum Gasteiger partial charge on any atom is -0.491 e. The van der Waals surface area contributed by atoms with Crippen LogP contribution in [-0.2, 0) is 0 Å². The van der Waals surface area contributed by atoms with Crippen molar-refractivity contribution in [1.82, 2.24) is 0 Å². The lowest BCUT2D eigenvalue weighted by Gasteiger charge is -2.13. The number of hydrogen-bond acceptors (Lipinski definition) is 4. The molecule has 106 valence electrons. The van der Waals surface area contributed by atoms with Crippen LogP contribution in [0, 0.1) is 3.57 Å². The molecule has 0 aliphatic rings. The van der Waals surface area contributed by atoms with Crippen molar-refractivity contribution in [3.63, 3.8) is 0 Å². The molecule has 0 aliphatic carbocycles. The number of benzene rings is 2. The fourth-order valence-corrected chi connectivity index (χ4v) is 1.93. The zero-order valence-electron chi connectivity index (χ0n) is 10.8. The molecule has 2 aromatic carbocycles. The third kappa shape index (κ3) is 4.90. The van der Waals surface area contributed by atoms with E-state index in [0.717, 1.165) is 9.32 Å². The Morgan fingerprint density at radius 3 is 2.30 bits per heavy atom. The first-order valence-corrected chi connectivity index (χ1v) is 7.26. The van der Waals surface area contributed by atoms with E-state index in [-0.39, 0.29) is 13.2 Å². The molecule has 3 N–H and O–H groups in total. The van der Waals surface area contributed by atoms with Crippen molar-refractivity contribution in [2.75, 3.05) is 18.9 Å². The smallest absolute Gasteiger partial charge is 0.122 e. The van der Waals surface area contributed by atoms with Gasteiger partial charge in [0, 0.05) is 15.3 Å². The van der Waals surface area contributed by atoms with E-state index >= 15 is 0 Å². The molecule has 0 radical (unpaired) electrons. The fourth-order valence-electron chi connectivity index (χ4n) is 1.57. The van der Waals surface area contributed by atoms with E-state index in [4.69, 9.17) is 15.2 Å². The van der Waals surface area contributed by atoms with Crippen LogP contribution in [0.5, 0.6) is 11.5 Å². The van der Waals surface area contributed by atoms with E-state index in [1.54, 1.807) is 24.3 Å². The average Bonchev–Trinajstić information content (AvgIpc) is 2.45. The zero-order chi connectivity index (χ0) is 14.4. The largest absolute Gasteiger partial charge is 0.491 e. The number of aliphatic hydroxyl groups is 1. The normalized spacial score (nSPS) is 11.9. The molecule has 0 heterocycles. The van der Waals surface area contributed by atoms with E-state index in [0.29, 0.717) is 11.4 Å². The summed E-state index contributed by atoms with van der Waals surface area (Å²) in [6.07, 6.45) is -0.698. The highest BCUT2D eigenvalue weighted by molar-refractivity contribution is 14.1. The molecule has 1 unspecified atom stereocenters. The van der Waals surface area contributed by atoms with Gasteiger partial charge < -0.3 is 20.3 Å². The van der Waals surface area contributed by atoms with Gasteiger partial charge in [-0.25, -0.2) is 0 Å². The van der Waals surface area contributed by atoms with Gasteiger partial charge in [0.15, 0.2) is 0 Å². The third-order valence-corrected chi connectivity index (χ3v) is 3.28. The number of ether oxygens (including phenoxy) is 2. The van der Waals surface area contributed by atoms with Crippen LogP contribution in [0.4, 0.5) is 5.69 Å². The van der Waals surface area contributed by atoms with Crippen molar-refractivity contribution in [3.05, 3.63) is 52.1 Å². The highest BCUT2D eigenvalue weighted by atomic mass is 127. The zero-order valence-corrected chi connectivity index (χ0v) is 13.0. The highest BCUT2D eigenvalue weighted by Crippen LogP contribution is 2.15. The van der Waals surface area contributed by atoms with E-state index in [1.807, 2.05) is 24.3 Å². The number of aliphatic hydroxyl groups excluding tert-OH is 1. The van der Waals surface area contributed by atoms with Gasteiger partial charge in [-0.15, -0.1) is 0 Å². The van der Waals surface area contributed by atoms with Crippen molar-refractivity contribution in [2.24, 2.45) is 0 Å². The monoisotopic (exact) mass is 385 g/mol. The Labute approximate surface area is 131 Å². The SMILES string of the molecule is Nc1cccc(OCC(O)COc2ccc(I)cc2)c1. The van der Waals surface area contributed by atoms with Crippen molar-refractivity contribution in [3.8, 4) is 11.5 Å². The fraction of sp³-hybridized carbons (Fsp3) is 0.200. The molecule has 0 bridgehead atoms. The molecule has 2 rings (SSSR count). The number of rotatable bonds is 6. The summed E-state index contributed by atoms with van der Waals surface area (Å²) in [4.78, 5) is 0. The van der Waals surface area contributed by atoms with Gasteiger partial charge in [0.05, 0.1) is 0 Å². The van der Waals surface area contributed by atoms with Crippen molar-refractivity contribution in [1.29, 1.82) is 0 Å². The van der Waals surface area contributed by atoms with Gasteiger partial charge in [0.2, 0.25) is 0 Å². The van der Waals surface area contributed by atoms with Crippen LogP contribution in [0.25, 0.3) is 0 Å². The van der Waals surface area contributed by atoms with E-state index in [1.165, 1.54) is 0 Å². The summed E-state index contributed by atoms with van der Waals surface area (Å²) in [6, 6.07) is 14.7. The maximum absolute atomic E-state index is 9.81. The van der Waals surface area contributed by atoms with Crippen LogP contribution < -0.4 is 15.2 Å². The molecule has 0 aromatic heterocycles. The van der Waals surface area contributed by atoms with Crippen LogP contribution in [0.15, 0.2) is 48.5 Å². The minimum absolute atomic E-state index is 0.161. The quantitative estimate of drug-likeness (QED) is 0.593. The Kier molecular flexibility index (Phi) is 5.49. The molecule has 0 amide bonds. The molecule has 5 heteroatoms. The van der Waals surface area contributed by atoms with Gasteiger partial charge in [0.25, 0.3) is 0 Å². The predicted octanol–water partition coefficient (Wildman–Crippen LogP) is 2.69.